The van der Waals surface area contributed by atoms with Crippen LogP contribution in [0.2, 0.25) is 0 Å². The van der Waals surface area contributed by atoms with Gasteiger partial charge in [0.25, 0.3) is 0 Å². The average Bonchev–Trinajstić information content (AvgIpc) is 3.26. The Morgan fingerprint density at radius 1 is 0.412 bits per heavy atom. The van der Waals surface area contributed by atoms with Gasteiger partial charge in [0.1, 0.15) is 0 Å². The Morgan fingerprint density at radius 3 is 1.94 bits per heavy atom. The molecular formula is C32H21NS. The van der Waals surface area contributed by atoms with Crippen LogP contribution in [0.15, 0.2) is 121 Å². The van der Waals surface area contributed by atoms with Gasteiger partial charge in [0.2, 0.25) is 0 Å². The fourth-order valence-electron chi connectivity index (χ4n) is 4.91. The van der Waals surface area contributed by atoms with Crippen molar-refractivity contribution in [1.82, 2.24) is 0 Å². The van der Waals surface area contributed by atoms with E-state index in [2.05, 4.69) is 127 Å². The smallest absolute Gasteiger partial charge is 0.0398 e. The van der Waals surface area contributed by atoms with Gasteiger partial charge < -0.3 is 5.32 Å². The first-order valence-electron chi connectivity index (χ1n) is 11.5. The second-order valence-corrected chi connectivity index (χ2v) is 9.82. The number of fused-ring (bicyclic) bond motifs is 6. The molecule has 1 N–H and O–H groups in total. The molecule has 0 amide bonds. The molecule has 0 unspecified atom stereocenters. The molecule has 6 aromatic carbocycles. The summed E-state index contributed by atoms with van der Waals surface area (Å²) < 4.78 is 2.63. The molecule has 34 heavy (non-hydrogen) atoms. The van der Waals surface area contributed by atoms with E-state index >= 15 is 0 Å². The molecule has 7 rings (SSSR count). The lowest BCUT2D eigenvalue weighted by Gasteiger charge is -2.10. The van der Waals surface area contributed by atoms with E-state index in [1.807, 2.05) is 11.3 Å². The lowest BCUT2D eigenvalue weighted by molar-refractivity contribution is 1.60. The van der Waals surface area contributed by atoms with E-state index in [9.17, 15) is 0 Å². The first-order valence-corrected chi connectivity index (χ1v) is 12.3. The molecule has 1 heterocycles. The van der Waals surface area contributed by atoms with E-state index < -0.39 is 0 Å². The Labute approximate surface area is 201 Å². The van der Waals surface area contributed by atoms with E-state index in [0.29, 0.717) is 0 Å². The van der Waals surface area contributed by atoms with Crippen molar-refractivity contribution in [3.8, 4) is 11.1 Å². The third-order valence-corrected chi connectivity index (χ3v) is 7.73. The minimum absolute atomic E-state index is 1.11. The molecule has 0 saturated heterocycles. The fraction of sp³-hybridized carbons (Fsp3) is 0. The zero-order chi connectivity index (χ0) is 22.5. The van der Waals surface area contributed by atoms with Crippen LogP contribution in [0.1, 0.15) is 0 Å². The van der Waals surface area contributed by atoms with Crippen LogP contribution >= 0.6 is 11.3 Å². The van der Waals surface area contributed by atoms with E-state index in [-0.39, 0.29) is 0 Å². The maximum Gasteiger partial charge on any atom is 0.0398 e. The van der Waals surface area contributed by atoms with Crippen molar-refractivity contribution in [3.63, 3.8) is 0 Å². The van der Waals surface area contributed by atoms with Crippen LogP contribution in [0.5, 0.6) is 0 Å². The van der Waals surface area contributed by atoms with Gasteiger partial charge in [-0.15, -0.1) is 11.3 Å². The Morgan fingerprint density at radius 2 is 1.06 bits per heavy atom. The summed E-state index contributed by atoms with van der Waals surface area (Å²) in [5.41, 5.74) is 4.74. The van der Waals surface area contributed by atoms with Crippen LogP contribution in [0.25, 0.3) is 52.8 Å². The highest BCUT2D eigenvalue weighted by Crippen LogP contribution is 2.38. The molecule has 0 saturated carbocycles. The van der Waals surface area contributed by atoms with Gasteiger partial charge in [0.05, 0.1) is 0 Å². The van der Waals surface area contributed by atoms with E-state index in [0.717, 1.165) is 11.4 Å². The molecular weight excluding hydrogens is 430 g/mol. The van der Waals surface area contributed by atoms with Gasteiger partial charge in [-0.25, -0.2) is 0 Å². The van der Waals surface area contributed by atoms with Crippen molar-refractivity contribution in [2.75, 3.05) is 5.32 Å². The quantitative estimate of drug-likeness (QED) is 0.264. The lowest BCUT2D eigenvalue weighted by Crippen LogP contribution is -1.90. The summed E-state index contributed by atoms with van der Waals surface area (Å²) in [6, 6.07) is 43.7. The van der Waals surface area contributed by atoms with E-state index in [4.69, 9.17) is 0 Å². The summed E-state index contributed by atoms with van der Waals surface area (Å²) in [4.78, 5) is 0. The maximum atomic E-state index is 3.64. The summed E-state index contributed by atoms with van der Waals surface area (Å²) in [7, 11) is 0. The Hall–Kier alpha value is -4.14. The molecule has 7 aromatic rings. The first-order chi connectivity index (χ1) is 16.8. The Bertz CT molecular complexity index is 1830. The van der Waals surface area contributed by atoms with Crippen molar-refractivity contribution in [2.45, 2.75) is 0 Å². The number of hydrogen-bond donors (Lipinski definition) is 1. The summed E-state index contributed by atoms with van der Waals surface area (Å²) in [6.45, 7) is 0. The molecule has 0 bridgehead atoms. The zero-order valence-electron chi connectivity index (χ0n) is 18.5. The topological polar surface area (TPSA) is 12.0 Å². The van der Waals surface area contributed by atoms with Crippen molar-refractivity contribution in [2.24, 2.45) is 0 Å². The minimum atomic E-state index is 1.11. The summed E-state index contributed by atoms with van der Waals surface area (Å²) in [6.07, 6.45) is 0. The Kier molecular flexibility index (Phi) is 4.39. The molecule has 1 nitrogen and oxygen atoms in total. The maximum absolute atomic E-state index is 3.64. The number of anilines is 2. The summed E-state index contributed by atoms with van der Waals surface area (Å²) in [5, 5.41) is 11.4. The van der Waals surface area contributed by atoms with Gasteiger partial charge in [-0.3, -0.25) is 0 Å². The van der Waals surface area contributed by atoms with Crippen molar-refractivity contribution >= 4 is 64.4 Å². The highest BCUT2D eigenvalue weighted by molar-refractivity contribution is 7.25. The number of thiophene rings is 1. The number of benzene rings is 6. The SMILES string of the molecule is c1ccc(-c2ccc3c(c2)sc2cc(Nc4ccc5ccc6ccccc6c5c4)ccc23)cc1. The van der Waals surface area contributed by atoms with Crippen molar-refractivity contribution in [3.05, 3.63) is 121 Å². The highest BCUT2D eigenvalue weighted by Gasteiger charge is 2.08. The molecule has 1 aromatic heterocycles. The second kappa shape index (κ2) is 7.72. The largest absolute Gasteiger partial charge is 0.355 e. The molecule has 2 heteroatoms. The molecule has 0 radical (unpaired) electrons. The van der Waals surface area contributed by atoms with Crippen LogP contribution in [-0.4, -0.2) is 0 Å². The third kappa shape index (κ3) is 3.23. The van der Waals surface area contributed by atoms with Crippen LogP contribution < -0.4 is 5.32 Å². The third-order valence-electron chi connectivity index (χ3n) is 6.62. The molecule has 0 aliphatic heterocycles. The first kappa shape index (κ1) is 19.3. The van der Waals surface area contributed by atoms with Crippen LogP contribution in [0.3, 0.4) is 0 Å². The van der Waals surface area contributed by atoms with Gasteiger partial charge >= 0.3 is 0 Å². The summed E-state index contributed by atoms with van der Waals surface area (Å²) >= 11 is 1.86. The minimum Gasteiger partial charge on any atom is -0.355 e. The fourth-order valence-corrected chi connectivity index (χ4v) is 6.10. The van der Waals surface area contributed by atoms with Crippen molar-refractivity contribution < 1.29 is 0 Å². The second-order valence-electron chi connectivity index (χ2n) is 8.74. The Balaban J connectivity index is 1.28. The standard InChI is InChI=1S/C32H21NS/c1-2-6-21(7-3-1)24-13-16-28-29-17-15-26(20-32(29)34-31(28)18-24)33-25-14-12-23-11-10-22-8-4-5-9-27(22)30(23)19-25/h1-20,33H. The number of hydrogen-bond acceptors (Lipinski definition) is 2. The normalized spacial score (nSPS) is 11.5. The lowest BCUT2D eigenvalue weighted by atomic mass is 10.0. The molecule has 0 spiro atoms. The molecule has 160 valence electrons. The van der Waals surface area contributed by atoms with Gasteiger partial charge in [0, 0.05) is 31.5 Å². The highest BCUT2D eigenvalue weighted by atomic mass is 32.1. The molecule has 0 aliphatic carbocycles. The zero-order valence-corrected chi connectivity index (χ0v) is 19.3. The summed E-state index contributed by atoms with van der Waals surface area (Å²) in [5.74, 6) is 0. The van der Waals surface area contributed by atoms with Gasteiger partial charge in [-0.05, 0) is 63.0 Å². The van der Waals surface area contributed by atoms with Crippen molar-refractivity contribution in [1.29, 1.82) is 0 Å². The van der Waals surface area contributed by atoms with E-state index in [1.165, 1.54) is 52.8 Å². The van der Waals surface area contributed by atoms with Crippen LogP contribution in [-0.2, 0) is 0 Å². The van der Waals surface area contributed by atoms with Gasteiger partial charge in [-0.2, -0.15) is 0 Å². The van der Waals surface area contributed by atoms with Gasteiger partial charge in [0.15, 0.2) is 0 Å². The predicted molar refractivity (Wildman–Crippen MR) is 150 cm³/mol. The number of rotatable bonds is 3. The molecule has 0 aliphatic rings. The monoisotopic (exact) mass is 451 g/mol. The molecule has 0 fully saturated rings. The van der Waals surface area contributed by atoms with Gasteiger partial charge in [-0.1, -0.05) is 91.0 Å². The number of nitrogens with one attached hydrogen (secondary N) is 1. The van der Waals surface area contributed by atoms with Crippen LogP contribution in [0, 0.1) is 0 Å². The van der Waals surface area contributed by atoms with Crippen LogP contribution in [0.4, 0.5) is 11.4 Å². The predicted octanol–water partition coefficient (Wildman–Crippen LogP) is 9.77. The molecule has 0 atom stereocenters. The average molecular weight is 452 g/mol. The van der Waals surface area contributed by atoms with E-state index in [1.54, 1.807) is 0 Å².